The van der Waals surface area contributed by atoms with Crippen LogP contribution in [0.5, 0.6) is 0 Å². The Morgan fingerprint density at radius 3 is 1.49 bits per heavy atom. The highest BCUT2D eigenvalue weighted by molar-refractivity contribution is 5.03. The van der Waals surface area contributed by atoms with Crippen LogP contribution in [0.1, 0.15) is 64.2 Å². The zero-order valence-electron chi connectivity index (χ0n) is 21.1. The van der Waals surface area contributed by atoms with Crippen molar-refractivity contribution in [1.29, 1.82) is 0 Å². The van der Waals surface area contributed by atoms with Crippen molar-refractivity contribution < 1.29 is 57.4 Å². The maximum absolute atomic E-state index is 15.3. The van der Waals surface area contributed by atoms with Gasteiger partial charge < -0.3 is 0 Å². The molecular weight excluding hydrogens is 556 g/mol. The maximum Gasteiger partial charge on any atom is 0.522 e. The molecule has 1 nitrogen and oxygen atoms in total. The van der Waals surface area contributed by atoms with Crippen molar-refractivity contribution in [2.45, 2.75) is 126 Å². The molecule has 10 unspecified atom stereocenters. The second-order valence-corrected chi connectivity index (χ2v) is 12.0. The third-order valence-corrected chi connectivity index (χ3v) is 9.66. The first kappa shape index (κ1) is 31.1. The molecule has 0 aromatic carbocycles. The molecule has 0 aromatic rings. The summed E-state index contributed by atoms with van der Waals surface area (Å²) in [6.45, 7) is 0. The molecule has 0 aliphatic heterocycles. The molecule has 4 rings (SSSR count). The minimum absolute atomic E-state index is 0.0598. The highest BCUT2D eigenvalue weighted by Crippen LogP contribution is 2.53. The summed E-state index contributed by atoms with van der Waals surface area (Å²) < 4.78 is 173. The summed E-state index contributed by atoms with van der Waals surface area (Å²) in [6, 6.07) is 0. The van der Waals surface area contributed by atoms with E-state index in [0.29, 0.717) is 6.42 Å². The van der Waals surface area contributed by atoms with Crippen LogP contribution in [0, 0.1) is 35.5 Å². The van der Waals surface area contributed by atoms with Gasteiger partial charge in [-0.25, -0.2) is 39.5 Å². The van der Waals surface area contributed by atoms with Crippen molar-refractivity contribution in [2.24, 2.45) is 35.5 Å². The first-order valence-corrected chi connectivity index (χ1v) is 13.7. The lowest BCUT2D eigenvalue weighted by atomic mass is 9.62. The molecule has 0 bridgehead atoms. The summed E-state index contributed by atoms with van der Waals surface area (Å²) >= 11 is 0. The van der Waals surface area contributed by atoms with E-state index in [1.807, 2.05) is 0 Å². The molecule has 228 valence electrons. The molecule has 4 aliphatic carbocycles. The number of ether oxygens (including phenoxy) is 1. The average Bonchev–Trinajstić information content (AvgIpc) is 2.80. The van der Waals surface area contributed by atoms with E-state index in [4.69, 9.17) is 0 Å². The molecule has 0 saturated heterocycles. The molecule has 0 aromatic heterocycles. The molecule has 4 fully saturated rings. The average molecular weight is 591 g/mol. The predicted octanol–water partition coefficient (Wildman–Crippen LogP) is 8.55. The van der Waals surface area contributed by atoms with Gasteiger partial charge in [-0.2, -0.15) is 0 Å². The van der Waals surface area contributed by atoms with Crippen molar-refractivity contribution in [3.8, 4) is 0 Å². The summed E-state index contributed by atoms with van der Waals surface area (Å²) in [7, 11) is 0. The van der Waals surface area contributed by atoms with Gasteiger partial charge in [-0.3, -0.25) is 4.74 Å². The van der Waals surface area contributed by atoms with Gasteiger partial charge in [-0.15, -0.1) is 13.2 Å². The van der Waals surface area contributed by atoms with E-state index in [1.54, 1.807) is 0 Å². The lowest BCUT2D eigenvalue weighted by Gasteiger charge is -2.47. The third-order valence-electron chi connectivity index (χ3n) is 9.66. The van der Waals surface area contributed by atoms with Crippen LogP contribution in [-0.4, -0.2) is 61.6 Å². The minimum atomic E-state index is -5.39. The number of rotatable bonds is 5. The van der Waals surface area contributed by atoms with E-state index in [0.717, 1.165) is 0 Å². The Hall–Kier alpha value is -0.880. The van der Waals surface area contributed by atoms with Crippen molar-refractivity contribution in [1.82, 2.24) is 0 Å². The summed E-state index contributed by atoms with van der Waals surface area (Å²) in [5.41, 5.74) is 0. The molecule has 0 spiro atoms. The molecule has 13 heteroatoms. The Morgan fingerprint density at radius 1 is 0.487 bits per heavy atom. The molecule has 0 N–H and O–H groups in total. The summed E-state index contributed by atoms with van der Waals surface area (Å²) in [5.74, 6) is -11.7. The van der Waals surface area contributed by atoms with Crippen LogP contribution in [0.2, 0.25) is 0 Å². The van der Waals surface area contributed by atoms with Crippen LogP contribution in [0.3, 0.4) is 0 Å². The number of hydrogen-bond donors (Lipinski definition) is 0. The molecule has 0 heterocycles. The van der Waals surface area contributed by atoms with Gasteiger partial charge in [0.2, 0.25) is 0 Å². The fraction of sp³-hybridized carbons (Fsp3) is 1.00. The lowest BCUT2D eigenvalue weighted by molar-refractivity contribution is -0.360. The van der Waals surface area contributed by atoms with Crippen LogP contribution in [-0.2, 0) is 4.74 Å². The van der Waals surface area contributed by atoms with E-state index in [9.17, 15) is 30.7 Å². The van der Waals surface area contributed by atoms with Crippen molar-refractivity contribution in [3.05, 3.63) is 0 Å². The highest BCUT2D eigenvalue weighted by atomic mass is 19.4. The predicted molar refractivity (Wildman–Crippen MR) is 117 cm³/mol. The van der Waals surface area contributed by atoms with Gasteiger partial charge in [0.25, 0.3) is 5.92 Å². The highest BCUT2D eigenvalue weighted by Gasteiger charge is 2.61. The molecule has 0 radical (unpaired) electrons. The van der Waals surface area contributed by atoms with Gasteiger partial charge in [0.05, 0.1) is 5.92 Å². The van der Waals surface area contributed by atoms with Gasteiger partial charge in [0, 0.05) is 12.3 Å². The number of hydrogen-bond acceptors (Lipinski definition) is 1. The fourth-order valence-corrected chi connectivity index (χ4v) is 7.76. The van der Waals surface area contributed by atoms with Crippen molar-refractivity contribution in [2.75, 3.05) is 0 Å². The fourth-order valence-electron chi connectivity index (χ4n) is 7.76. The second kappa shape index (κ2) is 11.8. The molecule has 4 saturated carbocycles. The SMILES string of the molecule is FC1CCC(C2CCC(C3CC(F)C(C(F)(F)C4CC(F)C(OC(F)(F)F)C(F)C4)C(F)C3)C(F)C2)C(F)C1. The van der Waals surface area contributed by atoms with Crippen LogP contribution in [0.15, 0.2) is 0 Å². The second-order valence-electron chi connectivity index (χ2n) is 12.0. The third kappa shape index (κ3) is 6.79. The Balaban J connectivity index is 1.36. The molecule has 4 aliphatic rings. The zero-order chi connectivity index (χ0) is 28.9. The van der Waals surface area contributed by atoms with Crippen LogP contribution < -0.4 is 0 Å². The molecule has 0 amide bonds. The summed E-state index contributed by atoms with van der Waals surface area (Å²) in [6.07, 6.45) is -25.6. The molecule has 39 heavy (non-hydrogen) atoms. The first-order chi connectivity index (χ1) is 18.1. The van der Waals surface area contributed by atoms with Gasteiger partial charge in [0.1, 0.15) is 49.3 Å². The van der Waals surface area contributed by atoms with Gasteiger partial charge in [0.15, 0.2) is 0 Å². The largest absolute Gasteiger partial charge is 0.522 e. The Labute approximate surface area is 219 Å². The minimum Gasteiger partial charge on any atom is -0.282 e. The van der Waals surface area contributed by atoms with Gasteiger partial charge >= 0.3 is 6.36 Å². The zero-order valence-corrected chi connectivity index (χ0v) is 21.1. The van der Waals surface area contributed by atoms with E-state index in [1.165, 1.54) is 0 Å². The van der Waals surface area contributed by atoms with E-state index in [-0.39, 0.29) is 38.0 Å². The van der Waals surface area contributed by atoms with Crippen LogP contribution >= 0.6 is 0 Å². The Kier molecular flexibility index (Phi) is 9.38. The smallest absolute Gasteiger partial charge is 0.282 e. The van der Waals surface area contributed by atoms with E-state index >= 15 is 22.0 Å². The van der Waals surface area contributed by atoms with E-state index < -0.39 is 117 Å². The summed E-state index contributed by atoms with van der Waals surface area (Å²) in [4.78, 5) is 0. The Bertz CT molecular complexity index is 786. The van der Waals surface area contributed by atoms with Gasteiger partial charge in [-0.05, 0) is 81.5 Å². The molecule has 10 atom stereocenters. The number of halogens is 12. The monoisotopic (exact) mass is 590 g/mol. The Morgan fingerprint density at radius 2 is 0.974 bits per heavy atom. The summed E-state index contributed by atoms with van der Waals surface area (Å²) in [5, 5.41) is 0. The van der Waals surface area contributed by atoms with Crippen LogP contribution in [0.4, 0.5) is 52.7 Å². The quantitative estimate of drug-likeness (QED) is 0.292. The van der Waals surface area contributed by atoms with Gasteiger partial charge in [-0.1, -0.05) is 0 Å². The first-order valence-electron chi connectivity index (χ1n) is 13.7. The topological polar surface area (TPSA) is 9.23 Å². The normalized spacial score (nSPS) is 48.6. The van der Waals surface area contributed by atoms with Crippen molar-refractivity contribution in [3.63, 3.8) is 0 Å². The van der Waals surface area contributed by atoms with Crippen LogP contribution in [0.25, 0.3) is 0 Å². The van der Waals surface area contributed by atoms with E-state index in [2.05, 4.69) is 4.74 Å². The number of alkyl halides is 12. The lowest BCUT2D eigenvalue weighted by Crippen LogP contribution is -2.55. The standard InChI is InChI=1S/C26H34F12O/c27-14-2-4-15(18(29)10-14)11-1-3-16(17(28)5-11)12-6-19(30)23(20(31)7-12)25(34,35)13-8-21(32)24(22(33)9-13)39-26(36,37)38/h11-24H,1-10H2. The van der Waals surface area contributed by atoms with Crippen molar-refractivity contribution >= 4 is 0 Å². The molecular formula is C26H34F12O. The maximum atomic E-state index is 15.3.